The maximum atomic E-state index is 5.52. The Labute approximate surface area is 131 Å². The molecule has 0 fully saturated rings. The number of ether oxygens (including phenoxy) is 1. The van der Waals surface area contributed by atoms with Crippen LogP contribution in [0.2, 0.25) is 0 Å². The Balaban J connectivity index is 0.00000144. The molecule has 0 unspecified atom stereocenters. The van der Waals surface area contributed by atoms with Gasteiger partial charge < -0.3 is 15.5 Å². The van der Waals surface area contributed by atoms with Crippen molar-refractivity contribution in [2.75, 3.05) is 11.9 Å². The summed E-state index contributed by atoms with van der Waals surface area (Å²) in [7, 11) is 0. The van der Waals surface area contributed by atoms with Gasteiger partial charge in [-0.15, -0.1) is 0 Å². The Bertz CT molecular complexity index is 441. The summed E-state index contributed by atoms with van der Waals surface area (Å²) in [6.45, 7) is 9.22. The molecule has 0 amide bonds. The van der Waals surface area contributed by atoms with Crippen molar-refractivity contribution in [3.05, 3.63) is 29.8 Å². The Kier molecular flexibility index (Phi) is 6.44. The average molecular weight is 257 g/mol. The van der Waals surface area contributed by atoms with E-state index in [0.717, 1.165) is 5.75 Å². The second-order valence-corrected chi connectivity index (χ2v) is 4.81. The van der Waals surface area contributed by atoms with Crippen LogP contribution in [-0.4, -0.2) is 17.6 Å². The molecule has 0 spiro atoms. The Hall–Kier alpha value is -0.480. The van der Waals surface area contributed by atoms with Gasteiger partial charge in [0.05, 0.1) is 12.1 Å². The van der Waals surface area contributed by atoms with E-state index in [4.69, 9.17) is 4.74 Å². The second-order valence-electron chi connectivity index (χ2n) is 4.81. The summed E-state index contributed by atoms with van der Waals surface area (Å²) in [6, 6.07) is 6.22. The first kappa shape index (κ1) is 17.5. The Morgan fingerprint density at radius 3 is 2.56 bits per heavy atom. The first-order valence-electron chi connectivity index (χ1n) is 5.77. The van der Waals surface area contributed by atoms with Gasteiger partial charge in [-0.3, -0.25) is 0 Å². The first-order valence-corrected chi connectivity index (χ1v) is 5.77. The van der Waals surface area contributed by atoms with Crippen molar-refractivity contribution in [3.8, 4) is 5.75 Å². The molecule has 0 aliphatic carbocycles. The van der Waals surface area contributed by atoms with Crippen LogP contribution in [0, 0.1) is 0 Å². The number of allylic oxidation sites excluding steroid dienone is 1. The molecule has 2 N–H and O–H groups in total. The number of hydrogen-bond acceptors (Lipinski definition) is 3. The summed E-state index contributed by atoms with van der Waals surface area (Å²) in [5.41, 5.74) is 3.77. The average Bonchev–Trinajstić information content (AvgIpc) is 2.18. The number of fused-ring (bicyclic) bond motifs is 1. The second kappa shape index (κ2) is 6.62. The van der Waals surface area contributed by atoms with Crippen LogP contribution in [0.5, 0.6) is 5.75 Å². The van der Waals surface area contributed by atoms with E-state index in [1.807, 2.05) is 13.0 Å². The van der Waals surface area contributed by atoms with Crippen LogP contribution < -0.4 is 39.6 Å². The van der Waals surface area contributed by atoms with Crippen molar-refractivity contribution >= 4 is 11.3 Å². The van der Waals surface area contributed by atoms with Gasteiger partial charge >= 0.3 is 29.6 Å². The molecule has 18 heavy (non-hydrogen) atoms. The number of anilines is 1. The van der Waals surface area contributed by atoms with E-state index in [0.29, 0.717) is 6.61 Å². The van der Waals surface area contributed by atoms with Gasteiger partial charge in [-0.25, -0.2) is 0 Å². The maximum absolute atomic E-state index is 5.52. The normalized spacial score (nSPS) is 15.2. The van der Waals surface area contributed by atoms with E-state index in [2.05, 4.69) is 44.3 Å². The predicted molar refractivity (Wildman–Crippen MR) is 70.9 cm³/mol. The fourth-order valence-corrected chi connectivity index (χ4v) is 2.22. The third kappa shape index (κ3) is 3.75. The van der Waals surface area contributed by atoms with Crippen molar-refractivity contribution in [2.24, 2.45) is 0 Å². The van der Waals surface area contributed by atoms with Gasteiger partial charge in [0, 0.05) is 11.3 Å². The summed E-state index contributed by atoms with van der Waals surface area (Å²) in [5.74, 6) is 0.940. The third-order valence-electron chi connectivity index (χ3n) is 2.76. The SMILES string of the molecule is CCOc1ccc2c(c1)C(C)=CC(C)(C)N2.[Na+].[OH-]. The van der Waals surface area contributed by atoms with Gasteiger partial charge in [-0.2, -0.15) is 0 Å². The molecule has 3 nitrogen and oxygen atoms in total. The molecule has 1 aliphatic heterocycles. The fraction of sp³-hybridized carbons (Fsp3) is 0.429. The fourth-order valence-electron chi connectivity index (χ4n) is 2.22. The molecule has 0 saturated heterocycles. The Morgan fingerprint density at radius 1 is 1.28 bits per heavy atom. The molecular weight excluding hydrogens is 237 g/mol. The molecule has 2 rings (SSSR count). The molecule has 1 aromatic carbocycles. The zero-order valence-electron chi connectivity index (χ0n) is 11.9. The standard InChI is InChI=1S/C14H19NO.Na.H2O/c1-5-16-11-6-7-13-12(8-11)10(2)9-14(3,4)15-13;;/h6-9,15H,5H2,1-4H3;;1H2/q;+1;/p-1. The molecule has 1 heterocycles. The molecule has 1 aromatic rings. The van der Waals surface area contributed by atoms with Gasteiger partial charge in [-0.1, -0.05) is 6.08 Å². The number of hydrogen-bond donors (Lipinski definition) is 1. The van der Waals surface area contributed by atoms with Crippen molar-refractivity contribution < 1.29 is 39.8 Å². The van der Waals surface area contributed by atoms with Crippen LogP contribution >= 0.6 is 0 Å². The minimum atomic E-state index is 0. The van der Waals surface area contributed by atoms with Crippen LogP contribution in [0.3, 0.4) is 0 Å². The molecule has 0 radical (unpaired) electrons. The van der Waals surface area contributed by atoms with Crippen LogP contribution in [0.15, 0.2) is 24.3 Å². The van der Waals surface area contributed by atoms with Crippen LogP contribution in [-0.2, 0) is 0 Å². The van der Waals surface area contributed by atoms with Crippen LogP contribution in [0.4, 0.5) is 5.69 Å². The van der Waals surface area contributed by atoms with Crippen LogP contribution in [0.1, 0.15) is 33.3 Å². The topological polar surface area (TPSA) is 51.3 Å². The molecular formula is C14H20NNaO2. The third-order valence-corrected chi connectivity index (χ3v) is 2.76. The quantitative estimate of drug-likeness (QED) is 0.786. The zero-order chi connectivity index (χ0) is 11.8. The van der Waals surface area contributed by atoms with Crippen molar-refractivity contribution in [2.45, 2.75) is 33.2 Å². The zero-order valence-corrected chi connectivity index (χ0v) is 13.9. The molecule has 1 aliphatic rings. The van der Waals surface area contributed by atoms with Gasteiger partial charge in [0.2, 0.25) is 0 Å². The van der Waals surface area contributed by atoms with E-state index in [1.54, 1.807) is 0 Å². The molecule has 0 atom stereocenters. The van der Waals surface area contributed by atoms with Gasteiger partial charge in [0.25, 0.3) is 0 Å². The van der Waals surface area contributed by atoms with Crippen molar-refractivity contribution in [3.63, 3.8) is 0 Å². The minimum Gasteiger partial charge on any atom is -0.870 e. The number of benzene rings is 1. The van der Waals surface area contributed by atoms with E-state index >= 15 is 0 Å². The van der Waals surface area contributed by atoms with E-state index in [1.165, 1.54) is 16.8 Å². The monoisotopic (exact) mass is 257 g/mol. The summed E-state index contributed by atoms with van der Waals surface area (Å²) in [6.07, 6.45) is 2.26. The van der Waals surface area contributed by atoms with Gasteiger partial charge in [-0.05, 0) is 51.5 Å². The molecule has 94 valence electrons. The molecule has 4 heteroatoms. The largest absolute Gasteiger partial charge is 1.00 e. The van der Waals surface area contributed by atoms with E-state index in [-0.39, 0.29) is 40.6 Å². The molecule has 0 bridgehead atoms. The number of nitrogens with one attached hydrogen (secondary N) is 1. The summed E-state index contributed by atoms with van der Waals surface area (Å²) in [5, 5.41) is 3.50. The maximum Gasteiger partial charge on any atom is 1.00 e. The summed E-state index contributed by atoms with van der Waals surface area (Å²) in [4.78, 5) is 0. The summed E-state index contributed by atoms with van der Waals surface area (Å²) < 4.78 is 5.52. The van der Waals surface area contributed by atoms with Gasteiger partial charge in [0.15, 0.2) is 0 Å². The van der Waals surface area contributed by atoms with E-state index in [9.17, 15) is 0 Å². The van der Waals surface area contributed by atoms with Crippen molar-refractivity contribution in [1.82, 2.24) is 0 Å². The van der Waals surface area contributed by atoms with E-state index < -0.39 is 0 Å². The van der Waals surface area contributed by atoms with Gasteiger partial charge in [0.1, 0.15) is 5.75 Å². The predicted octanol–water partition coefficient (Wildman–Crippen LogP) is 0.520. The van der Waals surface area contributed by atoms with Crippen LogP contribution in [0.25, 0.3) is 5.57 Å². The smallest absolute Gasteiger partial charge is 0.870 e. The molecule has 0 saturated carbocycles. The summed E-state index contributed by atoms with van der Waals surface area (Å²) >= 11 is 0. The molecule has 0 aromatic heterocycles. The Morgan fingerprint density at radius 2 is 1.94 bits per heavy atom. The minimum absolute atomic E-state index is 0. The van der Waals surface area contributed by atoms with Crippen molar-refractivity contribution in [1.29, 1.82) is 0 Å². The first-order chi connectivity index (χ1) is 7.52. The number of rotatable bonds is 2.